The van der Waals surface area contributed by atoms with E-state index in [1.54, 1.807) is 11.9 Å². The minimum Gasteiger partial charge on any atom is -0.480 e. The van der Waals surface area contributed by atoms with Crippen molar-refractivity contribution in [1.29, 1.82) is 0 Å². The number of rotatable bonds is 6. The molecule has 7 nitrogen and oxygen atoms in total. The summed E-state index contributed by atoms with van der Waals surface area (Å²) >= 11 is 1.42. The summed E-state index contributed by atoms with van der Waals surface area (Å²) in [7, 11) is 3.70. The zero-order valence-electron chi connectivity index (χ0n) is 17.6. The van der Waals surface area contributed by atoms with E-state index in [-0.39, 0.29) is 37.3 Å². The highest BCUT2D eigenvalue weighted by molar-refractivity contribution is 7.18. The van der Waals surface area contributed by atoms with Gasteiger partial charge in [-0.3, -0.25) is 18.9 Å². The number of likely N-dealkylation sites (N-methyl/N-ethyl adjacent to an activating group) is 1. The number of nitrogens with zero attached hydrogens (tertiary/aromatic N) is 4. The third-order valence-corrected chi connectivity index (χ3v) is 6.65. The average molecular weight is 487 g/mol. The third-order valence-electron chi connectivity index (χ3n) is 5.68. The number of carbonyl (C=O) groups excluding carboxylic acids is 1. The molecule has 2 heterocycles. The second-order valence-corrected chi connectivity index (χ2v) is 8.97. The van der Waals surface area contributed by atoms with Gasteiger partial charge >= 0.3 is 5.97 Å². The summed E-state index contributed by atoms with van der Waals surface area (Å²) < 4.78 is 1.97. The van der Waals surface area contributed by atoms with Crippen LogP contribution >= 0.6 is 36.2 Å². The van der Waals surface area contributed by atoms with E-state index in [1.165, 1.54) is 30.6 Å². The van der Waals surface area contributed by atoms with Gasteiger partial charge in [0.1, 0.15) is 4.88 Å². The molecule has 0 radical (unpaired) electrons. The lowest BCUT2D eigenvalue weighted by molar-refractivity contribution is -0.138. The van der Waals surface area contributed by atoms with E-state index in [1.807, 2.05) is 40.7 Å². The van der Waals surface area contributed by atoms with Crippen LogP contribution in [0.3, 0.4) is 0 Å². The van der Waals surface area contributed by atoms with Crippen LogP contribution < -0.4 is 0 Å². The number of carbonyl (C=O) groups is 2. The Morgan fingerprint density at radius 3 is 2.58 bits per heavy atom. The minimum atomic E-state index is -0.844. The van der Waals surface area contributed by atoms with Gasteiger partial charge in [0.15, 0.2) is 4.96 Å². The lowest BCUT2D eigenvalue weighted by Gasteiger charge is -2.30. The van der Waals surface area contributed by atoms with Gasteiger partial charge in [0.2, 0.25) is 0 Å². The van der Waals surface area contributed by atoms with Gasteiger partial charge in [-0.15, -0.1) is 24.8 Å². The Labute approximate surface area is 197 Å². The number of carboxylic acid groups (broad SMARTS) is 1. The highest BCUT2D eigenvalue weighted by atomic mass is 35.5. The number of hydrogen-bond donors (Lipinski definition) is 1. The summed E-state index contributed by atoms with van der Waals surface area (Å²) in [5.74, 6) is -0.777. The number of benzene rings is 1. The number of thiazole rings is 1. The molecule has 3 aromatic rings. The number of carboxylic acids is 1. The van der Waals surface area contributed by atoms with E-state index in [9.17, 15) is 9.59 Å². The Kier molecular flexibility index (Phi) is 8.71. The highest BCUT2D eigenvalue weighted by Crippen LogP contribution is 2.28. The SMILES string of the molecule is CN(CC(=O)O)Cc1ccc2nc3sc(C(=O)N(C)C4CCCCC4)cn3c2c1.Cl.Cl. The molecule has 0 atom stereocenters. The van der Waals surface area contributed by atoms with Crippen LogP contribution in [0.25, 0.3) is 16.0 Å². The summed E-state index contributed by atoms with van der Waals surface area (Å²) in [5, 5.41) is 8.95. The molecule has 1 fully saturated rings. The van der Waals surface area contributed by atoms with E-state index in [0.29, 0.717) is 17.5 Å². The summed E-state index contributed by atoms with van der Waals surface area (Å²) in [6, 6.07) is 6.29. The first kappa shape index (κ1) is 25.4. The van der Waals surface area contributed by atoms with Crippen molar-refractivity contribution < 1.29 is 14.7 Å². The van der Waals surface area contributed by atoms with Gasteiger partial charge in [0.25, 0.3) is 5.91 Å². The van der Waals surface area contributed by atoms with Crippen molar-refractivity contribution in [3.63, 3.8) is 0 Å². The van der Waals surface area contributed by atoms with Crippen molar-refractivity contribution in [2.24, 2.45) is 0 Å². The largest absolute Gasteiger partial charge is 0.480 e. The number of hydrogen-bond acceptors (Lipinski definition) is 5. The number of aromatic nitrogens is 2. The van der Waals surface area contributed by atoms with Crippen molar-refractivity contribution in [2.75, 3.05) is 20.6 Å². The Morgan fingerprint density at radius 2 is 1.90 bits per heavy atom. The summed E-state index contributed by atoms with van der Waals surface area (Å²) in [5.41, 5.74) is 2.83. The second kappa shape index (κ2) is 10.6. The van der Waals surface area contributed by atoms with Gasteiger partial charge in [-0.05, 0) is 37.6 Å². The topological polar surface area (TPSA) is 78.1 Å². The minimum absolute atomic E-state index is 0. The lowest BCUT2D eigenvalue weighted by Crippen LogP contribution is -2.37. The predicted molar refractivity (Wildman–Crippen MR) is 128 cm³/mol. The number of aliphatic carboxylic acids is 1. The maximum atomic E-state index is 13.0. The van der Waals surface area contributed by atoms with E-state index in [2.05, 4.69) is 4.98 Å². The normalized spacial score (nSPS) is 14.4. The molecule has 0 bridgehead atoms. The molecule has 1 aliphatic rings. The molecule has 1 amide bonds. The standard InChI is InChI=1S/C21H26N4O3S.2ClH/c1-23(13-19(26)27)11-14-8-9-16-17(10-14)25-12-18(29-21(25)22-16)20(28)24(2)15-6-4-3-5-7-15;;/h8-10,12,15H,3-7,11,13H2,1-2H3,(H,26,27);2*1H. The molecule has 170 valence electrons. The first-order valence-corrected chi connectivity index (χ1v) is 10.8. The molecule has 0 spiro atoms. The van der Waals surface area contributed by atoms with Crippen molar-refractivity contribution in [2.45, 2.75) is 44.7 Å². The number of amides is 1. The smallest absolute Gasteiger partial charge is 0.317 e. The zero-order valence-corrected chi connectivity index (χ0v) is 20.1. The summed E-state index contributed by atoms with van der Waals surface area (Å²) in [6.07, 6.45) is 7.71. The van der Waals surface area contributed by atoms with Crippen LogP contribution in [0.5, 0.6) is 0 Å². The van der Waals surface area contributed by atoms with Crippen LogP contribution in [0.15, 0.2) is 24.4 Å². The van der Waals surface area contributed by atoms with Crippen LogP contribution in [-0.4, -0.2) is 62.8 Å². The number of imidazole rings is 1. The summed E-state index contributed by atoms with van der Waals surface area (Å²) in [4.78, 5) is 33.7. The lowest BCUT2D eigenvalue weighted by atomic mass is 9.94. The van der Waals surface area contributed by atoms with E-state index < -0.39 is 5.97 Å². The van der Waals surface area contributed by atoms with Crippen LogP contribution in [-0.2, 0) is 11.3 Å². The fraction of sp³-hybridized carbons (Fsp3) is 0.476. The molecule has 1 aliphatic carbocycles. The molecule has 0 aliphatic heterocycles. The molecule has 0 unspecified atom stereocenters. The molecular formula is C21H28Cl2N4O3S. The van der Waals surface area contributed by atoms with Gasteiger partial charge in [0.05, 0.1) is 17.6 Å². The van der Waals surface area contributed by atoms with E-state index in [4.69, 9.17) is 5.11 Å². The molecule has 10 heteroatoms. The molecule has 4 rings (SSSR count). The molecular weight excluding hydrogens is 459 g/mol. The van der Waals surface area contributed by atoms with Crippen LogP contribution in [0.1, 0.15) is 47.3 Å². The first-order valence-electron chi connectivity index (χ1n) is 10.0. The molecule has 0 saturated heterocycles. The Bertz CT molecular complexity index is 1060. The Hall–Kier alpha value is -1.87. The van der Waals surface area contributed by atoms with Crippen LogP contribution in [0, 0.1) is 0 Å². The van der Waals surface area contributed by atoms with Gasteiger partial charge in [0, 0.05) is 25.8 Å². The summed E-state index contributed by atoms with van der Waals surface area (Å²) in [6.45, 7) is 0.528. The fourth-order valence-corrected chi connectivity index (χ4v) is 5.14. The van der Waals surface area contributed by atoms with E-state index >= 15 is 0 Å². The fourth-order valence-electron chi connectivity index (χ4n) is 4.16. The van der Waals surface area contributed by atoms with E-state index in [0.717, 1.165) is 34.4 Å². The average Bonchev–Trinajstić information content (AvgIpc) is 3.25. The predicted octanol–water partition coefficient (Wildman–Crippen LogP) is 4.31. The molecule has 1 N–H and O–H groups in total. The maximum absolute atomic E-state index is 13.0. The third kappa shape index (κ3) is 5.49. The maximum Gasteiger partial charge on any atom is 0.317 e. The monoisotopic (exact) mass is 486 g/mol. The van der Waals surface area contributed by atoms with Crippen molar-refractivity contribution in [3.05, 3.63) is 34.8 Å². The molecule has 31 heavy (non-hydrogen) atoms. The number of fused-ring (bicyclic) bond motifs is 3. The quantitative estimate of drug-likeness (QED) is 0.561. The van der Waals surface area contributed by atoms with Gasteiger partial charge < -0.3 is 10.0 Å². The van der Waals surface area contributed by atoms with Crippen LogP contribution in [0.4, 0.5) is 0 Å². The van der Waals surface area contributed by atoms with Gasteiger partial charge in [-0.25, -0.2) is 4.98 Å². The molecule has 2 aromatic heterocycles. The number of halogens is 2. The molecule has 1 aromatic carbocycles. The zero-order chi connectivity index (χ0) is 20.5. The van der Waals surface area contributed by atoms with Crippen molar-refractivity contribution >= 4 is 64.0 Å². The van der Waals surface area contributed by atoms with Gasteiger partial charge in [-0.1, -0.05) is 36.7 Å². The van der Waals surface area contributed by atoms with Crippen LogP contribution in [0.2, 0.25) is 0 Å². The van der Waals surface area contributed by atoms with Gasteiger partial charge in [-0.2, -0.15) is 0 Å². The Morgan fingerprint density at radius 1 is 1.19 bits per heavy atom. The second-order valence-electron chi connectivity index (χ2n) is 7.96. The molecule has 1 saturated carbocycles. The first-order chi connectivity index (χ1) is 13.9. The Balaban J connectivity index is 0.00000171. The highest BCUT2D eigenvalue weighted by Gasteiger charge is 2.25. The van der Waals surface area contributed by atoms with Crippen molar-refractivity contribution in [1.82, 2.24) is 19.2 Å². The van der Waals surface area contributed by atoms with Crippen molar-refractivity contribution in [3.8, 4) is 0 Å².